The van der Waals surface area contributed by atoms with E-state index in [1.54, 1.807) is 33.8 Å². The Kier molecular flexibility index (Phi) is 10.4. The minimum atomic E-state index is -0.977. The van der Waals surface area contributed by atoms with E-state index in [2.05, 4.69) is 24.9 Å². The highest BCUT2D eigenvalue weighted by Crippen LogP contribution is 2.46. The molecule has 0 saturated heterocycles. The molecule has 40 heavy (non-hydrogen) atoms. The molecular weight excluding hydrogens is 509 g/mol. The fourth-order valence-electron chi connectivity index (χ4n) is 4.83. The summed E-state index contributed by atoms with van der Waals surface area (Å²) in [6.07, 6.45) is 4.36. The maximum atomic E-state index is 16.2. The third kappa shape index (κ3) is 8.09. The zero-order valence-corrected chi connectivity index (χ0v) is 25.0. The van der Waals surface area contributed by atoms with Gasteiger partial charge in [-0.1, -0.05) is 12.1 Å². The standard InChI is InChI=1S/C33H44FNO5/c1-9-11-12-15-39-31-22(5)20(3)16-21(4)29(31)24-17-25(23-13-14-23)30(34)26(18-24)27(19-28(36)38-10-2)35-32(37)40-33(6,7)8/h9,16-18,23,27H,1,10-15,19H2,2-8H3,(H,35,37)/t27-/m0/s1. The van der Waals surface area contributed by atoms with Crippen LogP contribution in [0.5, 0.6) is 5.75 Å². The molecule has 7 heteroatoms. The van der Waals surface area contributed by atoms with Gasteiger partial charge in [-0.25, -0.2) is 9.18 Å². The van der Waals surface area contributed by atoms with Crippen LogP contribution >= 0.6 is 0 Å². The number of nitrogens with one attached hydrogen (secondary N) is 1. The second-order valence-corrected chi connectivity index (χ2v) is 11.6. The first kappa shape index (κ1) is 31.2. The van der Waals surface area contributed by atoms with Crippen molar-refractivity contribution in [3.8, 4) is 16.9 Å². The molecule has 2 aromatic carbocycles. The number of amides is 1. The Labute approximate surface area is 238 Å². The van der Waals surface area contributed by atoms with Gasteiger partial charge in [0.15, 0.2) is 0 Å². The Bertz CT molecular complexity index is 1240. The van der Waals surface area contributed by atoms with Crippen LogP contribution in [0.2, 0.25) is 0 Å². The van der Waals surface area contributed by atoms with Crippen molar-refractivity contribution < 1.29 is 28.2 Å². The molecule has 0 aliphatic heterocycles. The number of rotatable bonds is 12. The molecule has 1 N–H and O–H groups in total. The molecule has 0 bridgehead atoms. The van der Waals surface area contributed by atoms with Gasteiger partial charge < -0.3 is 19.5 Å². The van der Waals surface area contributed by atoms with E-state index in [-0.39, 0.29) is 24.5 Å². The molecule has 0 spiro atoms. The molecule has 0 heterocycles. The lowest BCUT2D eigenvalue weighted by molar-refractivity contribution is -0.143. The van der Waals surface area contributed by atoms with E-state index in [9.17, 15) is 9.59 Å². The van der Waals surface area contributed by atoms with Gasteiger partial charge in [-0.05, 0) is 120 Å². The van der Waals surface area contributed by atoms with Crippen LogP contribution in [0.1, 0.15) is 99.6 Å². The summed E-state index contributed by atoms with van der Waals surface area (Å²) in [7, 11) is 0. The molecule has 2 aromatic rings. The number of hydrogen-bond acceptors (Lipinski definition) is 5. The lowest BCUT2D eigenvalue weighted by Gasteiger charge is -2.25. The minimum absolute atomic E-state index is 0.0901. The van der Waals surface area contributed by atoms with Crippen molar-refractivity contribution in [3.63, 3.8) is 0 Å². The van der Waals surface area contributed by atoms with Gasteiger partial charge in [0.1, 0.15) is 17.2 Å². The van der Waals surface area contributed by atoms with Gasteiger partial charge in [0, 0.05) is 11.1 Å². The van der Waals surface area contributed by atoms with Crippen molar-refractivity contribution >= 4 is 12.1 Å². The number of benzene rings is 2. The van der Waals surface area contributed by atoms with E-state index in [0.717, 1.165) is 59.3 Å². The van der Waals surface area contributed by atoms with Crippen LogP contribution < -0.4 is 10.1 Å². The van der Waals surface area contributed by atoms with E-state index in [0.29, 0.717) is 12.2 Å². The molecule has 1 atom stereocenters. The zero-order chi connectivity index (χ0) is 29.6. The number of ether oxygens (including phenoxy) is 3. The Morgan fingerprint density at radius 3 is 2.45 bits per heavy atom. The largest absolute Gasteiger partial charge is 0.493 e. The summed E-state index contributed by atoms with van der Waals surface area (Å²) >= 11 is 0. The number of hydrogen-bond donors (Lipinski definition) is 1. The van der Waals surface area contributed by atoms with Crippen LogP contribution in [0.3, 0.4) is 0 Å². The molecule has 3 rings (SSSR count). The van der Waals surface area contributed by atoms with Crippen LogP contribution in [-0.4, -0.2) is 30.9 Å². The summed E-state index contributed by atoms with van der Waals surface area (Å²) in [6, 6.07) is 4.76. The summed E-state index contributed by atoms with van der Waals surface area (Å²) in [5.74, 6) is -0.0864. The van der Waals surface area contributed by atoms with Crippen LogP contribution in [-0.2, 0) is 14.3 Å². The Morgan fingerprint density at radius 2 is 1.85 bits per heavy atom. The lowest BCUT2D eigenvalue weighted by Crippen LogP contribution is -2.36. The average molecular weight is 554 g/mol. The number of carbonyl (C=O) groups excluding carboxylic acids is 2. The monoisotopic (exact) mass is 553 g/mol. The van der Waals surface area contributed by atoms with E-state index >= 15 is 4.39 Å². The SMILES string of the molecule is C=CCCCOc1c(C)c(C)cc(C)c1-c1cc(C2CC2)c(F)c([C@H](CC(=O)OCC)NC(=O)OC(C)(C)C)c1. The summed E-state index contributed by atoms with van der Waals surface area (Å²) in [4.78, 5) is 25.4. The zero-order valence-electron chi connectivity index (χ0n) is 25.0. The van der Waals surface area contributed by atoms with Crippen molar-refractivity contribution in [2.24, 2.45) is 0 Å². The van der Waals surface area contributed by atoms with Crippen molar-refractivity contribution in [3.05, 3.63) is 64.5 Å². The second kappa shape index (κ2) is 13.3. The van der Waals surface area contributed by atoms with Gasteiger partial charge in [-0.3, -0.25) is 4.79 Å². The molecule has 1 amide bonds. The first-order valence-electron chi connectivity index (χ1n) is 14.2. The van der Waals surface area contributed by atoms with Crippen molar-refractivity contribution in [2.45, 2.75) is 98.1 Å². The Balaban J connectivity index is 2.17. The van der Waals surface area contributed by atoms with Gasteiger partial charge in [-0.2, -0.15) is 0 Å². The predicted octanol–water partition coefficient (Wildman–Crippen LogP) is 8.16. The third-order valence-corrected chi connectivity index (χ3v) is 6.96. The van der Waals surface area contributed by atoms with Crippen LogP contribution in [0, 0.1) is 26.6 Å². The highest BCUT2D eigenvalue weighted by Gasteiger charge is 2.33. The van der Waals surface area contributed by atoms with Gasteiger partial charge in [-0.15, -0.1) is 6.58 Å². The van der Waals surface area contributed by atoms with Crippen molar-refractivity contribution in [1.82, 2.24) is 5.32 Å². The molecule has 218 valence electrons. The second-order valence-electron chi connectivity index (χ2n) is 11.6. The molecule has 1 aliphatic carbocycles. The molecule has 1 saturated carbocycles. The lowest BCUT2D eigenvalue weighted by atomic mass is 9.88. The maximum Gasteiger partial charge on any atom is 0.408 e. The third-order valence-electron chi connectivity index (χ3n) is 6.96. The van der Waals surface area contributed by atoms with Crippen molar-refractivity contribution in [2.75, 3.05) is 13.2 Å². The van der Waals surface area contributed by atoms with Gasteiger partial charge in [0.2, 0.25) is 0 Å². The fraction of sp³-hybridized carbons (Fsp3) is 0.515. The summed E-state index contributed by atoms with van der Waals surface area (Å²) in [6.45, 7) is 17.6. The number of halogens is 1. The first-order chi connectivity index (χ1) is 18.9. The highest BCUT2D eigenvalue weighted by atomic mass is 19.1. The van der Waals surface area contributed by atoms with E-state index < -0.39 is 29.5 Å². The Hall–Kier alpha value is -3.35. The number of carbonyl (C=O) groups is 2. The predicted molar refractivity (Wildman–Crippen MR) is 156 cm³/mol. The summed E-state index contributed by atoms with van der Waals surface area (Å²) in [5, 5.41) is 2.74. The number of unbranched alkanes of at least 4 members (excludes halogenated alkanes) is 1. The van der Waals surface area contributed by atoms with Crippen LogP contribution in [0.25, 0.3) is 11.1 Å². The van der Waals surface area contributed by atoms with E-state index in [1.807, 2.05) is 26.0 Å². The molecule has 0 unspecified atom stereocenters. The van der Waals surface area contributed by atoms with Crippen LogP contribution in [0.15, 0.2) is 30.9 Å². The molecule has 1 aliphatic rings. The van der Waals surface area contributed by atoms with E-state index in [1.165, 1.54) is 0 Å². The smallest absolute Gasteiger partial charge is 0.408 e. The van der Waals surface area contributed by atoms with Gasteiger partial charge >= 0.3 is 12.1 Å². The topological polar surface area (TPSA) is 73.9 Å². The molecule has 1 fully saturated rings. The molecule has 0 aromatic heterocycles. The van der Waals surface area contributed by atoms with E-state index in [4.69, 9.17) is 14.2 Å². The number of aryl methyl sites for hydroxylation is 2. The first-order valence-corrected chi connectivity index (χ1v) is 14.2. The maximum absolute atomic E-state index is 16.2. The quantitative estimate of drug-likeness (QED) is 0.163. The van der Waals surface area contributed by atoms with Crippen molar-refractivity contribution in [1.29, 1.82) is 0 Å². The minimum Gasteiger partial charge on any atom is -0.493 e. The normalized spacial score (nSPS) is 13.9. The van der Waals surface area contributed by atoms with Crippen LogP contribution in [0.4, 0.5) is 9.18 Å². The summed E-state index contributed by atoms with van der Waals surface area (Å²) < 4.78 is 33.2. The average Bonchev–Trinajstić information content (AvgIpc) is 3.69. The number of alkyl carbamates (subject to hydrolysis) is 1. The Morgan fingerprint density at radius 1 is 1.15 bits per heavy atom. The van der Waals surface area contributed by atoms with Gasteiger partial charge in [0.05, 0.1) is 25.7 Å². The molecule has 0 radical (unpaired) electrons. The fourth-order valence-corrected chi connectivity index (χ4v) is 4.83. The molecular formula is C33H44FNO5. The molecule has 6 nitrogen and oxygen atoms in total. The number of allylic oxidation sites excluding steroid dienone is 1. The highest BCUT2D eigenvalue weighted by molar-refractivity contribution is 5.79. The van der Waals surface area contributed by atoms with Gasteiger partial charge in [0.25, 0.3) is 0 Å². The summed E-state index contributed by atoms with van der Waals surface area (Å²) in [5.41, 5.74) is 4.87. The number of esters is 1.